The highest BCUT2D eigenvalue weighted by atomic mass is 35.5. The average Bonchev–Trinajstić information content (AvgIpc) is 3.13. The van der Waals surface area contributed by atoms with Crippen molar-refractivity contribution in [3.63, 3.8) is 0 Å². The predicted octanol–water partition coefficient (Wildman–Crippen LogP) is 5.28. The fourth-order valence-corrected chi connectivity index (χ4v) is 3.72. The molecule has 1 aromatic heterocycles. The van der Waals surface area contributed by atoms with Gasteiger partial charge >= 0.3 is 0 Å². The van der Waals surface area contributed by atoms with E-state index in [0.717, 1.165) is 49.0 Å². The van der Waals surface area contributed by atoms with Crippen molar-refractivity contribution in [2.24, 2.45) is 0 Å². The van der Waals surface area contributed by atoms with E-state index >= 15 is 0 Å². The van der Waals surface area contributed by atoms with Crippen molar-refractivity contribution in [2.75, 3.05) is 11.9 Å². The number of amides is 1. The second-order valence-corrected chi connectivity index (χ2v) is 7.32. The van der Waals surface area contributed by atoms with E-state index in [9.17, 15) is 4.79 Å². The predicted molar refractivity (Wildman–Crippen MR) is 105 cm³/mol. The minimum Gasteiger partial charge on any atom is -0.478 e. The Hall–Kier alpha value is -2.07. The smallest absolute Gasteiger partial charge is 0.235 e. The van der Waals surface area contributed by atoms with Crippen LogP contribution in [-0.4, -0.2) is 17.5 Å². The summed E-state index contributed by atoms with van der Waals surface area (Å²) in [5.74, 6) is 0.625. The van der Waals surface area contributed by atoms with E-state index < -0.39 is 5.41 Å². The minimum absolute atomic E-state index is 0.0319. The first-order valence-corrected chi connectivity index (χ1v) is 9.61. The maximum absolute atomic E-state index is 13.2. The first kappa shape index (κ1) is 18.7. The number of halogens is 1. The van der Waals surface area contributed by atoms with Gasteiger partial charge in [0.05, 0.1) is 23.4 Å². The summed E-state index contributed by atoms with van der Waals surface area (Å²) in [7, 11) is 0. The van der Waals surface area contributed by atoms with E-state index in [4.69, 9.17) is 16.3 Å². The fourth-order valence-electron chi connectivity index (χ4n) is 3.59. The van der Waals surface area contributed by atoms with Crippen LogP contribution in [0, 0.1) is 6.92 Å². The van der Waals surface area contributed by atoms with Crippen LogP contribution in [0.4, 0.5) is 5.69 Å². The van der Waals surface area contributed by atoms with Gasteiger partial charge in [-0.1, -0.05) is 43.5 Å². The molecular weight excluding hydrogens is 348 g/mol. The monoisotopic (exact) mass is 372 g/mol. The zero-order chi connectivity index (χ0) is 18.6. The number of benzene rings is 1. The number of pyridine rings is 1. The Morgan fingerprint density at radius 3 is 2.50 bits per heavy atom. The van der Waals surface area contributed by atoms with Crippen LogP contribution in [0.2, 0.25) is 5.02 Å². The second-order valence-electron chi connectivity index (χ2n) is 6.88. The number of ether oxygens (including phenoxy) is 1. The Bertz CT molecular complexity index is 768. The molecule has 1 fully saturated rings. The average molecular weight is 373 g/mol. The van der Waals surface area contributed by atoms with Gasteiger partial charge in [-0.15, -0.1) is 0 Å². The van der Waals surface area contributed by atoms with E-state index in [1.54, 1.807) is 0 Å². The molecule has 1 N–H and O–H groups in total. The van der Waals surface area contributed by atoms with Gasteiger partial charge in [0.25, 0.3) is 0 Å². The van der Waals surface area contributed by atoms with Crippen LogP contribution in [0.5, 0.6) is 5.88 Å². The number of nitrogens with one attached hydrogen (secondary N) is 1. The molecule has 4 nitrogen and oxygen atoms in total. The Kier molecular flexibility index (Phi) is 5.82. The van der Waals surface area contributed by atoms with Crippen molar-refractivity contribution >= 4 is 23.2 Å². The maximum Gasteiger partial charge on any atom is 0.235 e. The lowest BCUT2D eigenvalue weighted by molar-refractivity contribution is -0.121. The highest BCUT2D eigenvalue weighted by Crippen LogP contribution is 2.42. The fraction of sp³-hybridized carbons (Fsp3) is 0.429. The van der Waals surface area contributed by atoms with E-state index in [2.05, 4.69) is 17.2 Å². The molecule has 0 radical (unpaired) electrons. The maximum atomic E-state index is 13.2. The zero-order valence-electron chi connectivity index (χ0n) is 15.3. The molecule has 0 atom stereocenters. The Labute approximate surface area is 159 Å². The van der Waals surface area contributed by atoms with E-state index in [1.807, 2.05) is 43.3 Å². The third kappa shape index (κ3) is 3.85. The Morgan fingerprint density at radius 2 is 1.88 bits per heavy atom. The summed E-state index contributed by atoms with van der Waals surface area (Å²) < 4.78 is 5.56. The molecule has 0 unspecified atom stereocenters. The van der Waals surface area contributed by atoms with Crippen molar-refractivity contribution in [3.05, 3.63) is 52.7 Å². The number of hydrogen-bond acceptors (Lipinski definition) is 3. The Morgan fingerprint density at radius 1 is 1.19 bits per heavy atom. The van der Waals surface area contributed by atoms with Crippen molar-refractivity contribution in [3.8, 4) is 5.88 Å². The summed E-state index contributed by atoms with van der Waals surface area (Å²) in [6.07, 6.45) is 4.74. The SMILES string of the molecule is CCCOc1ccc(NC(=O)C2(c3ccc(Cl)cc3)CCCC2)c(C)n1. The molecule has 0 aliphatic heterocycles. The number of hydrogen-bond donors (Lipinski definition) is 1. The van der Waals surface area contributed by atoms with Crippen molar-refractivity contribution in [1.29, 1.82) is 0 Å². The molecule has 1 aliphatic carbocycles. The first-order chi connectivity index (χ1) is 12.5. The number of rotatable bonds is 6. The normalized spacial score (nSPS) is 15.7. The van der Waals surface area contributed by atoms with Gasteiger partial charge in [0.15, 0.2) is 0 Å². The van der Waals surface area contributed by atoms with Crippen LogP contribution < -0.4 is 10.1 Å². The molecule has 2 aromatic rings. The van der Waals surface area contributed by atoms with Gasteiger partial charge in [-0.2, -0.15) is 0 Å². The third-order valence-corrected chi connectivity index (χ3v) is 5.30. The van der Waals surface area contributed by atoms with E-state index in [0.29, 0.717) is 17.5 Å². The van der Waals surface area contributed by atoms with Gasteiger partial charge in [0.1, 0.15) is 0 Å². The van der Waals surface area contributed by atoms with Gasteiger partial charge in [-0.3, -0.25) is 4.79 Å². The molecular formula is C21H25ClN2O2. The Balaban J connectivity index is 1.82. The summed E-state index contributed by atoms with van der Waals surface area (Å²) in [4.78, 5) is 17.7. The highest BCUT2D eigenvalue weighted by Gasteiger charge is 2.42. The zero-order valence-corrected chi connectivity index (χ0v) is 16.1. The first-order valence-electron chi connectivity index (χ1n) is 9.23. The number of aromatic nitrogens is 1. The topological polar surface area (TPSA) is 51.2 Å². The van der Waals surface area contributed by atoms with Crippen molar-refractivity contribution in [1.82, 2.24) is 4.98 Å². The standard InChI is InChI=1S/C21H25ClN2O2/c1-3-14-26-19-11-10-18(15(2)23-19)24-20(25)21(12-4-5-13-21)16-6-8-17(22)9-7-16/h6-11H,3-5,12-14H2,1-2H3,(H,24,25). The molecule has 3 rings (SSSR count). The lowest BCUT2D eigenvalue weighted by Gasteiger charge is -2.28. The number of carbonyl (C=O) groups excluding carboxylic acids is 1. The molecule has 26 heavy (non-hydrogen) atoms. The van der Waals surface area contributed by atoms with E-state index in [-0.39, 0.29) is 5.91 Å². The number of anilines is 1. The molecule has 1 saturated carbocycles. The van der Waals surface area contributed by atoms with Crippen LogP contribution in [0.25, 0.3) is 0 Å². The number of carbonyl (C=O) groups is 1. The van der Waals surface area contributed by atoms with Gasteiger partial charge in [-0.05, 0) is 49.9 Å². The largest absolute Gasteiger partial charge is 0.478 e. The molecule has 1 amide bonds. The highest BCUT2D eigenvalue weighted by molar-refractivity contribution is 6.30. The van der Waals surface area contributed by atoms with Crippen LogP contribution in [-0.2, 0) is 10.2 Å². The molecule has 0 bridgehead atoms. The lowest BCUT2D eigenvalue weighted by atomic mass is 9.78. The summed E-state index contributed by atoms with van der Waals surface area (Å²) in [5.41, 5.74) is 2.04. The van der Waals surface area contributed by atoms with Gasteiger partial charge in [0.2, 0.25) is 11.8 Å². The van der Waals surface area contributed by atoms with Crippen LogP contribution in [0.3, 0.4) is 0 Å². The number of aryl methyl sites for hydroxylation is 1. The van der Waals surface area contributed by atoms with Crippen LogP contribution >= 0.6 is 11.6 Å². The summed E-state index contributed by atoms with van der Waals surface area (Å²) in [5, 5.41) is 3.78. The van der Waals surface area contributed by atoms with E-state index in [1.165, 1.54) is 0 Å². The van der Waals surface area contributed by atoms with Crippen LogP contribution in [0.15, 0.2) is 36.4 Å². The van der Waals surface area contributed by atoms with Gasteiger partial charge in [0, 0.05) is 11.1 Å². The summed E-state index contributed by atoms with van der Waals surface area (Å²) in [6, 6.07) is 11.3. The molecule has 138 valence electrons. The number of nitrogens with zero attached hydrogens (tertiary/aromatic N) is 1. The molecule has 0 spiro atoms. The minimum atomic E-state index is -0.492. The summed E-state index contributed by atoms with van der Waals surface area (Å²) in [6.45, 7) is 4.58. The summed E-state index contributed by atoms with van der Waals surface area (Å²) >= 11 is 6.02. The lowest BCUT2D eigenvalue weighted by Crippen LogP contribution is -2.38. The molecule has 1 aliphatic rings. The molecule has 0 saturated heterocycles. The van der Waals surface area contributed by atoms with Crippen molar-refractivity contribution < 1.29 is 9.53 Å². The second kappa shape index (κ2) is 8.09. The van der Waals surface area contributed by atoms with Gasteiger partial charge < -0.3 is 10.1 Å². The molecule has 1 heterocycles. The quantitative estimate of drug-likeness (QED) is 0.750. The third-order valence-electron chi connectivity index (χ3n) is 5.05. The molecule has 5 heteroatoms. The van der Waals surface area contributed by atoms with Crippen molar-refractivity contribution in [2.45, 2.75) is 51.4 Å². The van der Waals surface area contributed by atoms with Gasteiger partial charge in [-0.25, -0.2) is 4.98 Å². The van der Waals surface area contributed by atoms with Crippen LogP contribution in [0.1, 0.15) is 50.3 Å². The molecule has 1 aromatic carbocycles.